The Balaban J connectivity index is 5.12. The molecular weight excluding hydrogens is 406 g/mol. The lowest BCUT2D eigenvalue weighted by molar-refractivity contribution is -0.153. The number of nitrogens with two attached hydrogens (primary N) is 1. The normalized spacial score (nSPS) is 17.0. The summed E-state index contributed by atoms with van der Waals surface area (Å²) in [4.78, 5) is 25.2. The van der Waals surface area contributed by atoms with Crippen LogP contribution in [0, 0.1) is 11.8 Å². The number of esters is 1. The van der Waals surface area contributed by atoms with Gasteiger partial charge in [-0.05, 0) is 30.3 Å². The number of carbonyl (C=O) groups is 2. The number of hydrogen-bond acceptors (Lipinski definition) is 7. The Morgan fingerprint density at radius 2 is 1.97 bits per heavy atom. The number of thiol groups is 1. The fourth-order valence-electron chi connectivity index (χ4n) is 3.02. The van der Waals surface area contributed by atoms with E-state index in [2.05, 4.69) is 37.1 Å². The highest BCUT2D eigenvalue weighted by atomic mass is 32.2. The molecule has 29 heavy (non-hydrogen) atoms. The Labute approximate surface area is 187 Å². The lowest BCUT2D eigenvalue weighted by Crippen LogP contribution is -2.59. The van der Waals surface area contributed by atoms with Gasteiger partial charge in [0.2, 0.25) is 5.91 Å². The maximum atomic E-state index is 12.7. The van der Waals surface area contributed by atoms with Crippen LogP contribution < -0.4 is 16.4 Å². The Hall–Kier alpha value is -0.700. The van der Waals surface area contributed by atoms with Gasteiger partial charge in [0, 0.05) is 30.8 Å². The molecule has 8 heteroatoms. The summed E-state index contributed by atoms with van der Waals surface area (Å²) in [6.45, 7) is 8.83. The molecule has 1 amide bonds. The third-order valence-electron chi connectivity index (χ3n) is 5.35. The molecule has 0 aliphatic rings. The molecule has 0 saturated heterocycles. The monoisotopic (exact) mass is 447 g/mol. The van der Waals surface area contributed by atoms with E-state index in [1.807, 2.05) is 32.3 Å². The number of methoxy groups -OCH3 is 1. The van der Waals surface area contributed by atoms with Crippen molar-refractivity contribution in [2.24, 2.45) is 17.6 Å². The molecule has 0 bridgehead atoms. The summed E-state index contributed by atoms with van der Waals surface area (Å²) in [6, 6.07) is 0.121. The van der Waals surface area contributed by atoms with Crippen LogP contribution in [0.3, 0.4) is 0 Å². The molecule has 0 aliphatic heterocycles. The standard InChI is InChI=1S/C21H41N3O3S2/c1-7-16(4)18(23-13-17(22)14-28)9-8-10-19(25)24-21(15(2)3,11-12-29-6)20(26)27-5/h8-9,15-18,23,28H,7,10-14,22H2,1-6H3,(H,24,25)/b9-8+/t16-,17+,18+,21+/m0/s1. The third kappa shape index (κ3) is 9.77. The molecular formula is C21H41N3O3S2. The summed E-state index contributed by atoms with van der Waals surface area (Å²) >= 11 is 5.86. The van der Waals surface area contributed by atoms with E-state index in [0.717, 1.165) is 12.2 Å². The summed E-state index contributed by atoms with van der Waals surface area (Å²) in [7, 11) is 1.36. The first-order chi connectivity index (χ1) is 13.7. The van der Waals surface area contributed by atoms with E-state index >= 15 is 0 Å². The van der Waals surface area contributed by atoms with Gasteiger partial charge in [-0.2, -0.15) is 24.4 Å². The van der Waals surface area contributed by atoms with Gasteiger partial charge >= 0.3 is 5.97 Å². The van der Waals surface area contributed by atoms with Crippen molar-refractivity contribution < 1.29 is 14.3 Å². The molecule has 0 aromatic heterocycles. The molecule has 0 spiro atoms. The molecule has 0 heterocycles. The Bertz CT molecular complexity index is 517. The van der Waals surface area contributed by atoms with Crippen LogP contribution in [0.5, 0.6) is 0 Å². The van der Waals surface area contributed by atoms with E-state index in [1.54, 1.807) is 11.8 Å². The fraction of sp³-hybridized carbons (Fsp3) is 0.810. The van der Waals surface area contributed by atoms with Gasteiger partial charge in [-0.3, -0.25) is 4.79 Å². The number of ether oxygens (including phenoxy) is 1. The molecule has 0 aliphatic carbocycles. The van der Waals surface area contributed by atoms with E-state index in [9.17, 15) is 9.59 Å². The first kappa shape index (κ1) is 28.3. The van der Waals surface area contributed by atoms with Crippen molar-refractivity contribution in [1.82, 2.24) is 10.6 Å². The zero-order valence-electron chi connectivity index (χ0n) is 18.9. The maximum Gasteiger partial charge on any atom is 0.331 e. The Kier molecular flexibility index (Phi) is 14.8. The van der Waals surface area contributed by atoms with Crippen LogP contribution in [-0.4, -0.2) is 60.9 Å². The molecule has 170 valence electrons. The Morgan fingerprint density at radius 3 is 2.45 bits per heavy atom. The van der Waals surface area contributed by atoms with Crippen LogP contribution in [-0.2, 0) is 14.3 Å². The van der Waals surface area contributed by atoms with E-state index < -0.39 is 11.5 Å². The molecule has 0 radical (unpaired) electrons. The number of nitrogens with one attached hydrogen (secondary N) is 2. The summed E-state index contributed by atoms with van der Waals surface area (Å²) in [5.74, 6) is 1.14. The van der Waals surface area contributed by atoms with Crippen LogP contribution in [0.25, 0.3) is 0 Å². The zero-order chi connectivity index (χ0) is 22.4. The summed E-state index contributed by atoms with van der Waals surface area (Å²) in [5.41, 5.74) is 4.94. The minimum Gasteiger partial charge on any atom is -0.467 e. The second-order valence-electron chi connectivity index (χ2n) is 7.80. The topological polar surface area (TPSA) is 93.5 Å². The number of thioether (sulfide) groups is 1. The van der Waals surface area contributed by atoms with E-state index in [0.29, 0.717) is 24.6 Å². The zero-order valence-corrected chi connectivity index (χ0v) is 20.6. The largest absolute Gasteiger partial charge is 0.467 e. The highest BCUT2D eigenvalue weighted by molar-refractivity contribution is 7.98. The van der Waals surface area contributed by atoms with E-state index in [1.165, 1.54) is 7.11 Å². The van der Waals surface area contributed by atoms with Gasteiger partial charge in [-0.25, -0.2) is 4.79 Å². The second-order valence-corrected chi connectivity index (χ2v) is 9.15. The van der Waals surface area contributed by atoms with Gasteiger partial charge in [0.1, 0.15) is 5.54 Å². The average molecular weight is 448 g/mol. The average Bonchev–Trinajstić information content (AvgIpc) is 2.71. The lowest BCUT2D eigenvalue weighted by Gasteiger charge is -2.35. The third-order valence-corrected chi connectivity index (χ3v) is 6.43. The molecule has 0 unspecified atom stereocenters. The molecule has 4 atom stereocenters. The van der Waals surface area contributed by atoms with Crippen molar-refractivity contribution in [3.8, 4) is 0 Å². The highest BCUT2D eigenvalue weighted by Gasteiger charge is 2.43. The van der Waals surface area contributed by atoms with Gasteiger partial charge in [-0.1, -0.05) is 46.3 Å². The van der Waals surface area contributed by atoms with E-state index in [4.69, 9.17) is 10.5 Å². The minimum absolute atomic E-state index is 0.00950. The van der Waals surface area contributed by atoms with Crippen molar-refractivity contribution in [3.63, 3.8) is 0 Å². The van der Waals surface area contributed by atoms with Crippen molar-refractivity contribution in [2.45, 2.75) is 64.6 Å². The number of rotatable bonds is 15. The van der Waals surface area contributed by atoms with Crippen molar-refractivity contribution in [3.05, 3.63) is 12.2 Å². The summed E-state index contributed by atoms with van der Waals surface area (Å²) in [6.07, 6.45) is 7.62. The highest BCUT2D eigenvalue weighted by Crippen LogP contribution is 2.25. The predicted molar refractivity (Wildman–Crippen MR) is 128 cm³/mol. The second kappa shape index (κ2) is 15.2. The minimum atomic E-state index is -1.00. The van der Waals surface area contributed by atoms with Crippen molar-refractivity contribution in [2.75, 3.05) is 31.4 Å². The summed E-state index contributed by atoms with van der Waals surface area (Å²) in [5, 5.41) is 6.41. The smallest absolute Gasteiger partial charge is 0.331 e. The van der Waals surface area contributed by atoms with Crippen molar-refractivity contribution in [1.29, 1.82) is 0 Å². The number of hydrogen-bond donors (Lipinski definition) is 4. The number of carbonyl (C=O) groups excluding carboxylic acids is 2. The number of amides is 1. The fourth-order valence-corrected chi connectivity index (χ4v) is 3.67. The molecule has 0 aromatic carbocycles. The quantitative estimate of drug-likeness (QED) is 0.175. The molecule has 0 fully saturated rings. The van der Waals surface area contributed by atoms with E-state index in [-0.39, 0.29) is 30.3 Å². The van der Waals surface area contributed by atoms with Crippen LogP contribution in [0.4, 0.5) is 0 Å². The van der Waals surface area contributed by atoms with Crippen LogP contribution in [0.1, 0.15) is 47.0 Å². The molecule has 4 N–H and O–H groups in total. The Morgan fingerprint density at radius 1 is 1.31 bits per heavy atom. The first-order valence-corrected chi connectivity index (χ1v) is 12.4. The van der Waals surface area contributed by atoms with Gasteiger partial charge in [-0.15, -0.1) is 0 Å². The van der Waals surface area contributed by atoms with Gasteiger partial charge in [0.25, 0.3) is 0 Å². The van der Waals surface area contributed by atoms with Crippen LogP contribution in [0.15, 0.2) is 12.2 Å². The van der Waals surface area contributed by atoms with Gasteiger partial charge < -0.3 is 21.1 Å². The lowest BCUT2D eigenvalue weighted by atomic mass is 9.83. The molecule has 6 nitrogen and oxygen atoms in total. The SMILES string of the molecule is CC[C@H](C)[C@@H](/C=C/CC(=O)N[C@@](CCSC)(C(=O)OC)C(C)C)NC[C@@H](N)CS. The predicted octanol–water partition coefficient (Wildman–Crippen LogP) is 2.63. The molecule has 0 aromatic rings. The van der Waals surface area contributed by atoms with Crippen molar-refractivity contribution >= 4 is 36.3 Å². The summed E-state index contributed by atoms with van der Waals surface area (Å²) < 4.78 is 5.02. The molecule has 0 rings (SSSR count). The maximum absolute atomic E-state index is 12.7. The molecule has 0 saturated carbocycles. The van der Waals surface area contributed by atoms with Crippen LogP contribution >= 0.6 is 24.4 Å². The van der Waals surface area contributed by atoms with Gasteiger partial charge in [0.15, 0.2) is 0 Å². The van der Waals surface area contributed by atoms with Gasteiger partial charge in [0.05, 0.1) is 7.11 Å². The first-order valence-electron chi connectivity index (χ1n) is 10.3. The van der Waals surface area contributed by atoms with Crippen LogP contribution in [0.2, 0.25) is 0 Å².